The Kier molecular flexibility index (Phi) is 7.45. The summed E-state index contributed by atoms with van der Waals surface area (Å²) in [6.07, 6.45) is 1.65. The van der Waals surface area contributed by atoms with Crippen LogP contribution in [0.5, 0.6) is 0 Å². The third-order valence-corrected chi connectivity index (χ3v) is 3.59. The van der Waals surface area contributed by atoms with Crippen molar-refractivity contribution < 1.29 is 19.4 Å². The van der Waals surface area contributed by atoms with E-state index in [-0.39, 0.29) is 25.2 Å². The molecule has 1 fully saturated rings. The van der Waals surface area contributed by atoms with Crippen molar-refractivity contribution in [3.63, 3.8) is 0 Å². The lowest BCUT2D eigenvalue weighted by Gasteiger charge is -2.34. The topological polar surface area (TPSA) is 73.3 Å². The molecule has 0 aromatic heterocycles. The Bertz CT molecular complexity index is 341. The van der Waals surface area contributed by atoms with E-state index in [1.54, 1.807) is 4.90 Å². The van der Waals surface area contributed by atoms with Gasteiger partial charge in [0.1, 0.15) is 0 Å². The Morgan fingerprint density at radius 3 is 2.33 bits per heavy atom. The van der Waals surface area contributed by atoms with E-state index in [0.717, 1.165) is 19.4 Å². The number of rotatable bonds is 7. The second-order valence-electron chi connectivity index (χ2n) is 5.71. The number of hydrogen-bond donors (Lipinski definition) is 1. The molecule has 0 bridgehead atoms. The second-order valence-corrected chi connectivity index (χ2v) is 5.71. The first-order chi connectivity index (χ1) is 9.90. The Labute approximate surface area is 126 Å². The highest BCUT2D eigenvalue weighted by atomic mass is 16.5. The molecule has 0 aliphatic carbocycles. The molecule has 0 unspecified atom stereocenters. The first-order valence-electron chi connectivity index (χ1n) is 7.38. The van der Waals surface area contributed by atoms with Crippen LogP contribution in [0.4, 0.5) is 4.79 Å². The van der Waals surface area contributed by atoms with E-state index in [1.165, 1.54) is 0 Å². The van der Waals surface area contributed by atoms with Gasteiger partial charge in [-0.1, -0.05) is 0 Å². The van der Waals surface area contributed by atoms with Gasteiger partial charge < -0.3 is 24.5 Å². The molecule has 0 aromatic carbocycles. The number of aliphatic carboxylic acids is 1. The van der Waals surface area contributed by atoms with Crippen LogP contribution in [0.3, 0.4) is 0 Å². The minimum Gasteiger partial charge on any atom is -0.481 e. The molecule has 1 N–H and O–H groups in total. The maximum Gasteiger partial charge on any atom is 0.319 e. The molecular weight excluding hydrogens is 274 g/mol. The van der Waals surface area contributed by atoms with Gasteiger partial charge in [0, 0.05) is 33.2 Å². The van der Waals surface area contributed by atoms with Crippen molar-refractivity contribution >= 4 is 12.0 Å². The number of ether oxygens (including phenoxy) is 1. The number of carboxylic acids is 1. The summed E-state index contributed by atoms with van der Waals surface area (Å²) in [6, 6.07) is 0.0563. The molecule has 0 radical (unpaired) electrons. The van der Waals surface area contributed by atoms with Crippen molar-refractivity contribution in [2.75, 3.05) is 53.9 Å². The Balaban J connectivity index is 2.25. The quantitative estimate of drug-likeness (QED) is 0.743. The summed E-state index contributed by atoms with van der Waals surface area (Å²) in [5.41, 5.74) is 0. The standard InChI is InChI=1S/C14H27N3O4/c1-15(2)9-10-16(3)14(20)17-7-4-12(5-8-17)21-11-6-13(18)19/h12H,4-11H2,1-3H3,(H,18,19). The van der Waals surface area contributed by atoms with Gasteiger partial charge in [-0.25, -0.2) is 4.79 Å². The summed E-state index contributed by atoms with van der Waals surface area (Å²) >= 11 is 0. The van der Waals surface area contributed by atoms with Crippen LogP contribution in [0, 0.1) is 0 Å². The minimum absolute atomic E-state index is 0.0341. The Hall–Kier alpha value is -1.34. The number of carbonyl (C=O) groups is 2. The number of carbonyl (C=O) groups excluding carboxylic acids is 1. The number of likely N-dealkylation sites (N-methyl/N-ethyl adjacent to an activating group) is 2. The lowest BCUT2D eigenvalue weighted by molar-refractivity contribution is -0.138. The number of hydrogen-bond acceptors (Lipinski definition) is 4. The molecule has 1 aliphatic heterocycles. The minimum atomic E-state index is -0.842. The van der Waals surface area contributed by atoms with Gasteiger partial charge in [0.25, 0.3) is 0 Å². The highest BCUT2D eigenvalue weighted by molar-refractivity contribution is 5.74. The van der Waals surface area contributed by atoms with Crippen LogP contribution < -0.4 is 0 Å². The number of urea groups is 1. The summed E-state index contributed by atoms with van der Waals surface area (Å²) < 4.78 is 5.52. The third kappa shape index (κ3) is 6.77. The number of amides is 2. The lowest BCUT2D eigenvalue weighted by atomic mass is 10.1. The molecular formula is C14H27N3O4. The monoisotopic (exact) mass is 301 g/mol. The molecule has 7 heteroatoms. The summed E-state index contributed by atoms with van der Waals surface area (Å²) in [6.45, 7) is 3.14. The Morgan fingerprint density at radius 1 is 1.19 bits per heavy atom. The second kappa shape index (κ2) is 8.84. The van der Waals surface area contributed by atoms with E-state index in [9.17, 15) is 9.59 Å². The maximum atomic E-state index is 12.2. The van der Waals surface area contributed by atoms with Crippen LogP contribution in [0.1, 0.15) is 19.3 Å². The van der Waals surface area contributed by atoms with E-state index >= 15 is 0 Å². The smallest absolute Gasteiger partial charge is 0.319 e. The molecule has 122 valence electrons. The highest BCUT2D eigenvalue weighted by Crippen LogP contribution is 2.15. The number of nitrogens with zero attached hydrogens (tertiary/aromatic N) is 3. The molecule has 0 atom stereocenters. The van der Waals surface area contributed by atoms with Gasteiger partial charge in [0.05, 0.1) is 19.1 Å². The SMILES string of the molecule is CN(C)CCN(C)C(=O)N1CCC(OCCC(=O)O)CC1. The van der Waals surface area contributed by atoms with Crippen LogP contribution in [0.25, 0.3) is 0 Å². The fourth-order valence-corrected chi connectivity index (χ4v) is 2.21. The third-order valence-electron chi connectivity index (χ3n) is 3.59. The fraction of sp³-hybridized carbons (Fsp3) is 0.857. The fourth-order valence-electron chi connectivity index (χ4n) is 2.21. The van der Waals surface area contributed by atoms with Crippen LogP contribution in [-0.2, 0) is 9.53 Å². The summed E-state index contributed by atoms with van der Waals surface area (Å²) in [4.78, 5) is 28.3. The molecule has 0 aromatic rings. The van der Waals surface area contributed by atoms with Crippen molar-refractivity contribution in [2.24, 2.45) is 0 Å². The predicted molar refractivity (Wildman–Crippen MR) is 79.4 cm³/mol. The molecule has 0 spiro atoms. The largest absolute Gasteiger partial charge is 0.481 e. The van der Waals surface area contributed by atoms with Crippen molar-refractivity contribution in [2.45, 2.75) is 25.4 Å². The Morgan fingerprint density at radius 2 is 1.81 bits per heavy atom. The normalized spacial score (nSPS) is 16.3. The van der Waals surface area contributed by atoms with E-state index < -0.39 is 5.97 Å². The molecule has 21 heavy (non-hydrogen) atoms. The van der Waals surface area contributed by atoms with Crippen molar-refractivity contribution in [1.82, 2.24) is 14.7 Å². The van der Waals surface area contributed by atoms with Crippen LogP contribution >= 0.6 is 0 Å². The number of piperidine rings is 1. The van der Waals surface area contributed by atoms with Crippen LogP contribution in [0.15, 0.2) is 0 Å². The van der Waals surface area contributed by atoms with Gasteiger partial charge in [0.15, 0.2) is 0 Å². The summed E-state index contributed by atoms with van der Waals surface area (Å²) in [5, 5.41) is 8.57. The number of likely N-dealkylation sites (tertiary alicyclic amines) is 1. The molecule has 2 amide bonds. The molecule has 1 saturated heterocycles. The zero-order chi connectivity index (χ0) is 15.8. The first kappa shape index (κ1) is 17.7. The van der Waals surface area contributed by atoms with E-state index in [1.807, 2.05) is 30.9 Å². The molecule has 7 nitrogen and oxygen atoms in total. The van der Waals surface area contributed by atoms with Crippen molar-refractivity contribution in [3.8, 4) is 0 Å². The van der Waals surface area contributed by atoms with Gasteiger partial charge in [-0.2, -0.15) is 0 Å². The lowest BCUT2D eigenvalue weighted by Crippen LogP contribution is -2.47. The predicted octanol–water partition coefficient (Wildman–Crippen LogP) is 0.556. The van der Waals surface area contributed by atoms with Crippen LogP contribution in [-0.4, -0.2) is 91.8 Å². The zero-order valence-corrected chi connectivity index (χ0v) is 13.2. The number of carboxylic acid groups (broad SMARTS) is 1. The maximum absolute atomic E-state index is 12.2. The zero-order valence-electron chi connectivity index (χ0n) is 13.2. The van der Waals surface area contributed by atoms with E-state index in [4.69, 9.17) is 9.84 Å². The molecule has 1 aliphatic rings. The van der Waals surface area contributed by atoms with Gasteiger partial charge in [-0.3, -0.25) is 4.79 Å². The van der Waals surface area contributed by atoms with Gasteiger partial charge in [-0.15, -0.1) is 0 Å². The van der Waals surface area contributed by atoms with Crippen molar-refractivity contribution in [3.05, 3.63) is 0 Å². The van der Waals surface area contributed by atoms with Gasteiger partial charge in [0.2, 0.25) is 0 Å². The average Bonchev–Trinajstić information content (AvgIpc) is 2.44. The van der Waals surface area contributed by atoms with Gasteiger partial charge in [-0.05, 0) is 26.9 Å². The highest BCUT2D eigenvalue weighted by Gasteiger charge is 2.25. The average molecular weight is 301 g/mol. The molecule has 1 heterocycles. The van der Waals surface area contributed by atoms with E-state index in [2.05, 4.69) is 0 Å². The van der Waals surface area contributed by atoms with E-state index in [0.29, 0.717) is 19.6 Å². The molecule has 1 rings (SSSR count). The van der Waals surface area contributed by atoms with Gasteiger partial charge >= 0.3 is 12.0 Å². The molecule has 0 saturated carbocycles. The summed E-state index contributed by atoms with van der Waals surface area (Å²) in [7, 11) is 5.79. The summed E-state index contributed by atoms with van der Waals surface area (Å²) in [5.74, 6) is -0.842. The van der Waals surface area contributed by atoms with Crippen LogP contribution in [0.2, 0.25) is 0 Å². The van der Waals surface area contributed by atoms with Crippen molar-refractivity contribution in [1.29, 1.82) is 0 Å². The first-order valence-corrected chi connectivity index (χ1v) is 7.38.